The van der Waals surface area contributed by atoms with Gasteiger partial charge < -0.3 is 11.1 Å². The second-order valence-electron chi connectivity index (χ2n) is 4.86. The molecule has 1 aliphatic carbocycles. The first-order chi connectivity index (χ1) is 8.61. The van der Waals surface area contributed by atoms with Crippen molar-refractivity contribution < 1.29 is 4.79 Å². The van der Waals surface area contributed by atoms with Crippen LogP contribution in [0.5, 0.6) is 0 Å². The van der Waals surface area contributed by atoms with Crippen molar-refractivity contribution in [3.05, 3.63) is 29.3 Å². The lowest BCUT2D eigenvalue weighted by Crippen LogP contribution is -2.38. The van der Waals surface area contributed by atoms with Crippen LogP contribution in [0.4, 0.5) is 5.69 Å². The smallest absolute Gasteiger partial charge is 0.251 e. The van der Waals surface area contributed by atoms with Crippen molar-refractivity contribution in [1.82, 2.24) is 5.32 Å². The number of nitrogen functional groups attached to an aromatic ring is 1. The van der Waals surface area contributed by atoms with Gasteiger partial charge >= 0.3 is 0 Å². The number of carbonyl (C=O) groups is 1. The molecule has 0 spiro atoms. The van der Waals surface area contributed by atoms with Gasteiger partial charge in [0, 0.05) is 22.5 Å². The van der Waals surface area contributed by atoms with Crippen LogP contribution in [0.1, 0.15) is 35.2 Å². The Kier molecular flexibility index (Phi) is 4.17. The van der Waals surface area contributed by atoms with Crippen molar-refractivity contribution in [3.63, 3.8) is 0 Å². The highest BCUT2D eigenvalue weighted by molar-refractivity contribution is 7.99. The Labute approximate surface area is 113 Å². The van der Waals surface area contributed by atoms with Gasteiger partial charge in [0.25, 0.3) is 5.91 Å². The van der Waals surface area contributed by atoms with Crippen molar-refractivity contribution >= 4 is 23.4 Å². The van der Waals surface area contributed by atoms with E-state index < -0.39 is 0 Å². The summed E-state index contributed by atoms with van der Waals surface area (Å²) in [6.07, 6.45) is 5.59. The number of aryl methyl sites for hydroxylation is 1. The maximum Gasteiger partial charge on any atom is 0.251 e. The van der Waals surface area contributed by atoms with E-state index in [4.69, 9.17) is 5.73 Å². The van der Waals surface area contributed by atoms with E-state index in [1.54, 1.807) is 6.07 Å². The number of nitrogens with two attached hydrogens (primary N) is 1. The third-order valence-corrected chi connectivity index (χ3v) is 4.78. The van der Waals surface area contributed by atoms with Gasteiger partial charge in [0.15, 0.2) is 0 Å². The first-order valence-electron chi connectivity index (χ1n) is 6.31. The quantitative estimate of drug-likeness (QED) is 0.825. The molecule has 98 valence electrons. The standard InChI is InChI=1S/C14H20N2OS/c1-9-6-7-10(8-11(9)15)14(17)16-12-4-3-5-13(12)18-2/h6-8,12-13H,3-5,15H2,1-2H3,(H,16,17). The van der Waals surface area contributed by atoms with Gasteiger partial charge in [0.1, 0.15) is 0 Å². The van der Waals surface area contributed by atoms with Crippen LogP contribution in [0, 0.1) is 6.92 Å². The molecule has 0 heterocycles. The summed E-state index contributed by atoms with van der Waals surface area (Å²) in [7, 11) is 0. The van der Waals surface area contributed by atoms with Crippen molar-refractivity contribution in [2.24, 2.45) is 0 Å². The van der Waals surface area contributed by atoms with Crippen LogP contribution in [-0.2, 0) is 0 Å². The number of amides is 1. The molecule has 1 amide bonds. The molecule has 1 aliphatic rings. The number of benzene rings is 1. The molecule has 2 unspecified atom stereocenters. The van der Waals surface area contributed by atoms with Gasteiger partial charge in [-0.2, -0.15) is 11.8 Å². The molecule has 0 bridgehead atoms. The van der Waals surface area contributed by atoms with Gasteiger partial charge in [-0.05, 0) is 43.7 Å². The number of hydrogen-bond acceptors (Lipinski definition) is 3. The number of hydrogen-bond donors (Lipinski definition) is 2. The predicted octanol–water partition coefficient (Wildman–Crippen LogP) is 2.59. The maximum absolute atomic E-state index is 12.1. The summed E-state index contributed by atoms with van der Waals surface area (Å²) < 4.78 is 0. The normalized spacial score (nSPS) is 23.0. The second kappa shape index (κ2) is 5.65. The van der Waals surface area contributed by atoms with Crippen LogP contribution in [0.2, 0.25) is 0 Å². The zero-order valence-corrected chi connectivity index (χ0v) is 11.7. The molecule has 2 rings (SSSR count). The third-order valence-electron chi connectivity index (χ3n) is 3.61. The number of thioether (sulfide) groups is 1. The minimum Gasteiger partial charge on any atom is -0.398 e. The highest BCUT2D eigenvalue weighted by Crippen LogP contribution is 2.28. The Morgan fingerprint density at radius 3 is 2.89 bits per heavy atom. The van der Waals surface area contributed by atoms with E-state index in [9.17, 15) is 4.79 Å². The monoisotopic (exact) mass is 264 g/mol. The van der Waals surface area contributed by atoms with Gasteiger partial charge in [-0.15, -0.1) is 0 Å². The van der Waals surface area contributed by atoms with Crippen LogP contribution in [0.25, 0.3) is 0 Å². The fraction of sp³-hybridized carbons (Fsp3) is 0.500. The van der Waals surface area contributed by atoms with E-state index in [-0.39, 0.29) is 5.91 Å². The first kappa shape index (κ1) is 13.3. The van der Waals surface area contributed by atoms with E-state index in [0.717, 1.165) is 12.0 Å². The van der Waals surface area contributed by atoms with Crippen LogP contribution in [-0.4, -0.2) is 23.5 Å². The van der Waals surface area contributed by atoms with Crippen molar-refractivity contribution in [2.75, 3.05) is 12.0 Å². The van der Waals surface area contributed by atoms with Crippen molar-refractivity contribution in [2.45, 2.75) is 37.5 Å². The molecule has 3 nitrogen and oxygen atoms in total. The summed E-state index contributed by atoms with van der Waals surface area (Å²) in [5.74, 6) is -0.00681. The minimum absolute atomic E-state index is 0.00681. The molecule has 0 aliphatic heterocycles. The van der Waals surface area contributed by atoms with Gasteiger partial charge in [0.2, 0.25) is 0 Å². The molecule has 3 N–H and O–H groups in total. The topological polar surface area (TPSA) is 55.1 Å². The summed E-state index contributed by atoms with van der Waals surface area (Å²) >= 11 is 1.84. The Morgan fingerprint density at radius 1 is 1.44 bits per heavy atom. The highest BCUT2D eigenvalue weighted by atomic mass is 32.2. The summed E-state index contributed by atoms with van der Waals surface area (Å²) in [6, 6.07) is 5.79. The van der Waals surface area contributed by atoms with Crippen LogP contribution < -0.4 is 11.1 Å². The molecule has 2 atom stereocenters. The first-order valence-corrected chi connectivity index (χ1v) is 7.60. The molecule has 18 heavy (non-hydrogen) atoms. The van der Waals surface area contributed by atoms with E-state index >= 15 is 0 Å². The summed E-state index contributed by atoms with van der Waals surface area (Å²) in [4.78, 5) is 12.1. The van der Waals surface area contributed by atoms with Crippen molar-refractivity contribution in [1.29, 1.82) is 0 Å². The highest BCUT2D eigenvalue weighted by Gasteiger charge is 2.27. The second-order valence-corrected chi connectivity index (χ2v) is 5.93. The summed E-state index contributed by atoms with van der Waals surface area (Å²) in [5.41, 5.74) is 8.18. The zero-order chi connectivity index (χ0) is 13.1. The molecule has 1 aromatic carbocycles. The Balaban J connectivity index is 2.05. The Morgan fingerprint density at radius 2 is 2.22 bits per heavy atom. The average molecular weight is 264 g/mol. The predicted molar refractivity (Wildman–Crippen MR) is 78.0 cm³/mol. The number of anilines is 1. The Bertz CT molecular complexity index is 447. The SMILES string of the molecule is CSC1CCCC1NC(=O)c1ccc(C)c(N)c1. The van der Waals surface area contributed by atoms with E-state index in [1.807, 2.05) is 30.8 Å². The maximum atomic E-state index is 12.1. The number of rotatable bonds is 3. The van der Waals surface area contributed by atoms with Crippen LogP contribution in [0.15, 0.2) is 18.2 Å². The average Bonchev–Trinajstić information content (AvgIpc) is 2.79. The third kappa shape index (κ3) is 2.80. The fourth-order valence-corrected chi connectivity index (χ4v) is 3.34. The largest absolute Gasteiger partial charge is 0.398 e. The summed E-state index contributed by atoms with van der Waals surface area (Å²) in [5, 5.41) is 3.68. The van der Waals surface area contributed by atoms with Crippen LogP contribution >= 0.6 is 11.8 Å². The molecular formula is C14H20N2OS. The zero-order valence-electron chi connectivity index (χ0n) is 10.9. The molecule has 4 heteroatoms. The summed E-state index contributed by atoms with van der Waals surface area (Å²) in [6.45, 7) is 1.94. The molecule has 1 fully saturated rings. The molecule has 0 aromatic heterocycles. The van der Waals surface area contributed by atoms with Gasteiger partial charge in [-0.25, -0.2) is 0 Å². The van der Waals surface area contributed by atoms with Crippen molar-refractivity contribution in [3.8, 4) is 0 Å². The lowest BCUT2D eigenvalue weighted by Gasteiger charge is -2.19. The van der Waals surface area contributed by atoms with Crippen LogP contribution in [0.3, 0.4) is 0 Å². The Hall–Kier alpha value is -1.16. The number of carbonyl (C=O) groups excluding carboxylic acids is 1. The molecule has 1 aromatic rings. The minimum atomic E-state index is -0.00681. The van der Waals surface area contributed by atoms with Gasteiger partial charge in [-0.1, -0.05) is 12.5 Å². The van der Waals surface area contributed by atoms with E-state index in [1.165, 1.54) is 12.8 Å². The molecule has 0 saturated heterocycles. The van der Waals surface area contributed by atoms with Gasteiger partial charge in [0.05, 0.1) is 0 Å². The van der Waals surface area contributed by atoms with E-state index in [0.29, 0.717) is 22.5 Å². The van der Waals surface area contributed by atoms with Gasteiger partial charge in [-0.3, -0.25) is 4.79 Å². The lowest BCUT2D eigenvalue weighted by atomic mass is 10.1. The lowest BCUT2D eigenvalue weighted by molar-refractivity contribution is 0.0938. The molecule has 1 saturated carbocycles. The molecular weight excluding hydrogens is 244 g/mol. The molecule has 0 radical (unpaired) electrons. The number of nitrogens with one attached hydrogen (secondary N) is 1. The fourth-order valence-electron chi connectivity index (χ4n) is 2.41. The van der Waals surface area contributed by atoms with E-state index in [2.05, 4.69) is 11.6 Å².